The largest absolute Gasteiger partial charge is 0.495 e. The van der Waals surface area contributed by atoms with Crippen molar-refractivity contribution >= 4 is 12.3 Å². The highest BCUT2D eigenvalue weighted by atomic mass is 19.4. The van der Waals surface area contributed by atoms with Gasteiger partial charge in [-0.25, -0.2) is 4.79 Å². The van der Waals surface area contributed by atoms with E-state index in [0.29, 0.717) is 17.4 Å². The number of halogens is 3. The number of ether oxygens (including phenoxy) is 2. The number of aldehydes is 1. The standard InChI is InChI=1S/C17H13F3O4/c1-23-15-11(9-21)4-3-5-12(15)10-6-7-14(17(18,19)20)13(8-10)16(22)24-2/h3-9H,1-2H3. The molecule has 2 aromatic carbocycles. The zero-order valence-corrected chi connectivity index (χ0v) is 12.8. The first-order chi connectivity index (χ1) is 11.3. The molecule has 0 aliphatic carbocycles. The molecule has 2 rings (SSSR count). The van der Waals surface area contributed by atoms with Crippen molar-refractivity contribution in [2.75, 3.05) is 14.2 Å². The summed E-state index contributed by atoms with van der Waals surface area (Å²) in [5, 5.41) is 0. The lowest BCUT2D eigenvalue weighted by Gasteiger charge is -2.15. The SMILES string of the molecule is COC(=O)c1cc(-c2cccc(C=O)c2OC)ccc1C(F)(F)F. The van der Waals surface area contributed by atoms with Gasteiger partial charge in [-0.05, 0) is 23.8 Å². The van der Waals surface area contributed by atoms with E-state index in [0.717, 1.165) is 19.2 Å². The van der Waals surface area contributed by atoms with Crippen molar-refractivity contribution in [1.82, 2.24) is 0 Å². The minimum Gasteiger partial charge on any atom is -0.495 e. The molecule has 0 spiro atoms. The molecule has 0 saturated heterocycles. The summed E-state index contributed by atoms with van der Waals surface area (Å²) >= 11 is 0. The number of esters is 1. The monoisotopic (exact) mass is 338 g/mol. The molecule has 0 aliphatic heterocycles. The number of hydrogen-bond acceptors (Lipinski definition) is 4. The van der Waals surface area contributed by atoms with Crippen LogP contribution in [0.2, 0.25) is 0 Å². The van der Waals surface area contributed by atoms with E-state index in [-0.39, 0.29) is 11.3 Å². The molecule has 0 fully saturated rings. The van der Waals surface area contributed by atoms with Crippen molar-refractivity contribution < 1.29 is 32.2 Å². The Morgan fingerprint density at radius 2 is 1.83 bits per heavy atom. The fourth-order valence-electron chi connectivity index (χ4n) is 2.34. The van der Waals surface area contributed by atoms with Crippen molar-refractivity contribution in [1.29, 1.82) is 0 Å². The third-order valence-corrected chi connectivity index (χ3v) is 3.42. The van der Waals surface area contributed by atoms with E-state index in [1.165, 1.54) is 19.2 Å². The Hall–Kier alpha value is -2.83. The number of hydrogen-bond donors (Lipinski definition) is 0. The number of benzene rings is 2. The van der Waals surface area contributed by atoms with Crippen molar-refractivity contribution in [2.45, 2.75) is 6.18 Å². The van der Waals surface area contributed by atoms with Crippen molar-refractivity contribution in [3.63, 3.8) is 0 Å². The zero-order chi connectivity index (χ0) is 17.9. The van der Waals surface area contributed by atoms with Gasteiger partial charge in [-0.3, -0.25) is 4.79 Å². The maximum atomic E-state index is 13.1. The van der Waals surface area contributed by atoms with Gasteiger partial charge in [0.2, 0.25) is 0 Å². The molecule has 0 N–H and O–H groups in total. The third-order valence-electron chi connectivity index (χ3n) is 3.42. The molecule has 0 unspecified atom stereocenters. The van der Waals surface area contributed by atoms with Crippen molar-refractivity contribution in [3.05, 3.63) is 53.1 Å². The van der Waals surface area contributed by atoms with Gasteiger partial charge >= 0.3 is 12.1 Å². The first-order valence-corrected chi connectivity index (χ1v) is 6.75. The second-order valence-corrected chi connectivity index (χ2v) is 4.80. The lowest BCUT2D eigenvalue weighted by Crippen LogP contribution is -2.14. The van der Waals surface area contributed by atoms with Gasteiger partial charge in [0.1, 0.15) is 5.75 Å². The maximum Gasteiger partial charge on any atom is 0.417 e. The average molecular weight is 338 g/mol. The minimum atomic E-state index is -4.70. The first-order valence-electron chi connectivity index (χ1n) is 6.75. The summed E-state index contributed by atoms with van der Waals surface area (Å²) in [6.45, 7) is 0. The third kappa shape index (κ3) is 3.24. The molecule has 0 amide bonds. The summed E-state index contributed by atoms with van der Waals surface area (Å²) in [4.78, 5) is 22.8. The Morgan fingerprint density at radius 3 is 2.38 bits per heavy atom. The van der Waals surface area contributed by atoms with Crippen LogP contribution < -0.4 is 4.74 Å². The summed E-state index contributed by atoms with van der Waals surface area (Å²) in [6, 6.07) is 7.74. The molecular formula is C17H13F3O4. The fourth-order valence-corrected chi connectivity index (χ4v) is 2.34. The van der Waals surface area contributed by atoms with E-state index < -0.39 is 23.3 Å². The lowest BCUT2D eigenvalue weighted by molar-refractivity contribution is -0.138. The number of alkyl halides is 3. The van der Waals surface area contributed by atoms with Crippen LogP contribution in [0.5, 0.6) is 5.75 Å². The van der Waals surface area contributed by atoms with Crippen LogP contribution in [0.25, 0.3) is 11.1 Å². The molecule has 2 aromatic rings. The van der Waals surface area contributed by atoms with Crippen LogP contribution in [-0.2, 0) is 10.9 Å². The summed E-state index contributed by atoms with van der Waals surface area (Å²) < 4.78 is 48.8. The Bertz CT molecular complexity index is 782. The highest BCUT2D eigenvalue weighted by Gasteiger charge is 2.35. The number of methoxy groups -OCH3 is 2. The predicted octanol–water partition coefficient (Wildman–Crippen LogP) is 3.98. The average Bonchev–Trinajstić information content (AvgIpc) is 2.58. The molecule has 0 radical (unpaired) electrons. The highest BCUT2D eigenvalue weighted by Crippen LogP contribution is 2.37. The van der Waals surface area contributed by atoms with Gasteiger partial charge in [0.05, 0.1) is 30.9 Å². The van der Waals surface area contributed by atoms with Gasteiger partial charge in [0, 0.05) is 5.56 Å². The van der Waals surface area contributed by atoms with Gasteiger partial charge in [-0.2, -0.15) is 13.2 Å². The molecule has 0 aromatic heterocycles. The number of carbonyl (C=O) groups excluding carboxylic acids is 2. The van der Waals surface area contributed by atoms with Gasteiger partial charge in [0.15, 0.2) is 6.29 Å². The second kappa shape index (κ2) is 6.74. The Kier molecular flexibility index (Phi) is 4.92. The molecule has 4 nitrogen and oxygen atoms in total. The summed E-state index contributed by atoms with van der Waals surface area (Å²) in [5.41, 5.74) is -0.774. The van der Waals surface area contributed by atoms with Crippen LogP contribution in [0, 0.1) is 0 Å². The van der Waals surface area contributed by atoms with E-state index in [9.17, 15) is 22.8 Å². The molecule has 0 heterocycles. The summed E-state index contributed by atoms with van der Waals surface area (Å²) in [6.07, 6.45) is -4.12. The normalized spacial score (nSPS) is 11.0. The smallest absolute Gasteiger partial charge is 0.417 e. The Balaban J connectivity index is 2.70. The zero-order valence-electron chi connectivity index (χ0n) is 12.8. The second-order valence-electron chi connectivity index (χ2n) is 4.80. The molecular weight excluding hydrogens is 325 g/mol. The van der Waals surface area contributed by atoms with Gasteiger partial charge < -0.3 is 9.47 Å². The van der Waals surface area contributed by atoms with E-state index >= 15 is 0 Å². The minimum absolute atomic E-state index is 0.211. The van der Waals surface area contributed by atoms with Gasteiger partial charge in [-0.1, -0.05) is 18.2 Å². The summed E-state index contributed by atoms with van der Waals surface area (Å²) in [5.74, 6) is -0.891. The highest BCUT2D eigenvalue weighted by molar-refractivity contribution is 5.94. The van der Waals surface area contributed by atoms with E-state index in [1.807, 2.05) is 0 Å². The molecule has 0 bridgehead atoms. The first kappa shape index (κ1) is 17.5. The lowest BCUT2D eigenvalue weighted by atomic mass is 9.96. The van der Waals surface area contributed by atoms with Crippen LogP contribution in [0.1, 0.15) is 26.3 Å². The van der Waals surface area contributed by atoms with Gasteiger partial charge in [-0.15, -0.1) is 0 Å². The molecule has 0 aliphatic rings. The number of para-hydroxylation sites is 1. The Morgan fingerprint density at radius 1 is 1.12 bits per heavy atom. The molecule has 7 heteroatoms. The molecule has 24 heavy (non-hydrogen) atoms. The quantitative estimate of drug-likeness (QED) is 0.625. The van der Waals surface area contributed by atoms with Crippen molar-refractivity contribution in [3.8, 4) is 16.9 Å². The Labute approximate surface area is 135 Å². The van der Waals surface area contributed by atoms with Crippen LogP contribution >= 0.6 is 0 Å². The topological polar surface area (TPSA) is 52.6 Å². The van der Waals surface area contributed by atoms with Crippen LogP contribution in [0.4, 0.5) is 13.2 Å². The van der Waals surface area contributed by atoms with E-state index in [1.54, 1.807) is 12.1 Å². The van der Waals surface area contributed by atoms with Crippen LogP contribution in [0.15, 0.2) is 36.4 Å². The maximum absolute atomic E-state index is 13.1. The number of rotatable bonds is 4. The van der Waals surface area contributed by atoms with Crippen molar-refractivity contribution in [2.24, 2.45) is 0 Å². The van der Waals surface area contributed by atoms with Gasteiger partial charge in [0.25, 0.3) is 0 Å². The summed E-state index contributed by atoms with van der Waals surface area (Å²) in [7, 11) is 2.35. The van der Waals surface area contributed by atoms with E-state index in [2.05, 4.69) is 4.74 Å². The predicted molar refractivity (Wildman–Crippen MR) is 80.2 cm³/mol. The number of carbonyl (C=O) groups is 2. The fraction of sp³-hybridized carbons (Fsp3) is 0.176. The molecule has 126 valence electrons. The molecule has 0 saturated carbocycles. The molecule has 0 atom stereocenters. The van der Waals surface area contributed by atoms with E-state index in [4.69, 9.17) is 4.74 Å². The van der Waals surface area contributed by atoms with Crippen LogP contribution in [-0.4, -0.2) is 26.5 Å². The van der Waals surface area contributed by atoms with Crippen LogP contribution in [0.3, 0.4) is 0 Å².